The molecule has 1 unspecified atom stereocenters. The molecular weight excluding hydrogens is 434 g/mol. The first-order chi connectivity index (χ1) is 16.4. The van der Waals surface area contributed by atoms with Gasteiger partial charge in [0.2, 0.25) is 11.8 Å². The number of benzene rings is 1. The molecule has 0 bridgehead atoms. The van der Waals surface area contributed by atoms with E-state index in [2.05, 4.69) is 15.2 Å². The lowest BCUT2D eigenvalue weighted by molar-refractivity contribution is -0.129. The molecule has 9 heteroatoms. The molecule has 1 saturated heterocycles. The molecular formula is C25H35N5O4. The van der Waals surface area contributed by atoms with E-state index in [0.717, 1.165) is 11.1 Å². The highest BCUT2D eigenvalue weighted by Gasteiger charge is 2.22. The van der Waals surface area contributed by atoms with E-state index in [0.29, 0.717) is 63.6 Å². The van der Waals surface area contributed by atoms with Gasteiger partial charge in [-0.05, 0) is 43.0 Å². The van der Waals surface area contributed by atoms with Crippen LogP contribution in [0.5, 0.6) is 5.88 Å². The van der Waals surface area contributed by atoms with E-state index in [9.17, 15) is 14.7 Å². The predicted molar refractivity (Wildman–Crippen MR) is 131 cm³/mol. The molecule has 4 N–H and O–H groups in total. The number of ether oxygens (including phenoxy) is 1. The number of aliphatic hydroxyl groups excluding tert-OH is 1. The zero-order valence-electron chi connectivity index (χ0n) is 20.0. The van der Waals surface area contributed by atoms with Gasteiger partial charge < -0.3 is 30.7 Å². The van der Waals surface area contributed by atoms with Gasteiger partial charge in [-0.25, -0.2) is 0 Å². The summed E-state index contributed by atoms with van der Waals surface area (Å²) >= 11 is 0. The molecule has 2 amide bonds. The van der Waals surface area contributed by atoms with Crippen LogP contribution in [0.15, 0.2) is 36.4 Å². The Morgan fingerprint density at radius 2 is 1.85 bits per heavy atom. The molecule has 2 heterocycles. The van der Waals surface area contributed by atoms with E-state index in [4.69, 9.17) is 10.5 Å². The normalized spacial score (nSPS) is 14.6. The number of hydrogen-bond acceptors (Lipinski definition) is 7. The first-order valence-electron chi connectivity index (χ1n) is 11.8. The molecule has 1 fully saturated rings. The Kier molecular flexibility index (Phi) is 9.24. The first kappa shape index (κ1) is 25.5. The van der Waals surface area contributed by atoms with Crippen LogP contribution in [-0.4, -0.2) is 72.2 Å². The summed E-state index contributed by atoms with van der Waals surface area (Å²) in [6.07, 6.45) is 0.510. The van der Waals surface area contributed by atoms with Crippen LogP contribution in [0, 0.1) is 0 Å². The SMILES string of the molecule is CCOc1nc(N2CCN(C(C)=O)CC2)ccc1C(=O)NCC(O)CCc1ccccc1CN. The van der Waals surface area contributed by atoms with Crippen molar-refractivity contribution < 1.29 is 19.4 Å². The average Bonchev–Trinajstić information content (AvgIpc) is 2.86. The van der Waals surface area contributed by atoms with Crippen LogP contribution in [0.25, 0.3) is 0 Å². The van der Waals surface area contributed by atoms with Gasteiger partial charge in [0, 0.05) is 46.2 Å². The molecule has 9 nitrogen and oxygen atoms in total. The minimum Gasteiger partial charge on any atom is -0.477 e. The van der Waals surface area contributed by atoms with E-state index < -0.39 is 6.10 Å². The second-order valence-corrected chi connectivity index (χ2v) is 8.32. The van der Waals surface area contributed by atoms with E-state index in [1.807, 2.05) is 36.1 Å². The van der Waals surface area contributed by atoms with Crippen molar-refractivity contribution in [2.75, 3.05) is 44.2 Å². The number of carbonyl (C=O) groups excluding carboxylic acids is 2. The summed E-state index contributed by atoms with van der Waals surface area (Å²) in [7, 11) is 0. The lowest BCUT2D eigenvalue weighted by atomic mass is 10.0. The van der Waals surface area contributed by atoms with Crippen LogP contribution >= 0.6 is 0 Å². The van der Waals surface area contributed by atoms with Crippen molar-refractivity contribution in [3.05, 3.63) is 53.1 Å². The van der Waals surface area contributed by atoms with Gasteiger partial charge in [0.1, 0.15) is 11.4 Å². The maximum Gasteiger partial charge on any atom is 0.256 e. The number of anilines is 1. The van der Waals surface area contributed by atoms with Crippen molar-refractivity contribution in [3.63, 3.8) is 0 Å². The third kappa shape index (κ3) is 6.68. The second kappa shape index (κ2) is 12.3. The van der Waals surface area contributed by atoms with E-state index in [-0.39, 0.29) is 24.2 Å². The Balaban J connectivity index is 1.57. The Morgan fingerprint density at radius 3 is 2.50 bits per heavy atom. The summed E-state index contributed by atoms with van der Waals surface area (Å²) in [5, 5.41) is 13.2. The molecule has 2 aromatic rings. The van der Waals surface area contributed by atoms with Gasteiger partial charge in [0.25, 0.3) is 5.91 Å². The summed E-state index contributed by atoms with van der Waals surface area (Å²) in [5.74, 6) is 0.699. The minimum absolute atomic E-state index is 0.0698. The fourth-order valence-electron chi connectivity index (χ4n) is 4.01. The largest absolute Gasteiger partial charge is 0.477 e. The summed E-state index contributed by atoms with van der Waals surface area (Å²) in [5.41, 5.74) is 8.28. The molecule has 0 spiro atoms. The van der Waals surface area contributed by atoms with Crippen molar-refractivity contribution in [1.29, 1.82) is 0 Å². The van der Waals surface area contributed by atoms with E-state index in [1.165, 1.54) is 0 Å². The van der Waals surface area contributed by atoms with Gasteiger partial charge in [0.05, 0.1) is 12.7 Å². The number of rotatable bonds is 10. The Hall–Kier alpha value is -3.17. The number of hydrogen-bond donors (Lipinski definition) is 3. The summed E-state index contributed by atoms with van der Waals surface area (Å²) in [6, 6.07) is 11.4. The van der Waals surface area contributed by atoms with Crippen molar-refractivity contribution >= 4 is 17.6 Å². The van der Waals surface area contributed by atoms with Crippen LogP contribution in [-0.2, 0) is 17.8 Å². The first-order valence-corrected chi connectivity index (χ1v) is 11.8. The molecule has 3 rings (SSSR count). The Morgan fingerprint density at radius 1 is 1.15 bits per heavy atom. The van der Waals surface area contributed by atoms with Crippen molar-refractivity contribution in [1.82, 2.24) is 15.2 Å². The number of aryl methyl sites for hydroxylation is 1. The Labute approximate surface area is 200 Å². The van der Waals surface area contributed by atoms with Crippen LogP contribution < -0.4 is 20.7 Å². The zero-order chi connectivity index (χ0) is 24.5. The molecule has 1 aromatic heterocycles. The minimum atomic E-state index is -0.685. The predicted octanol–water partition coefficient (Wildman–Crippen LogP) is 1.33. The summed E-state index contributed by atoms with van der Waals surface area (Å²) in [4.78, 5) is 32.8. The Bertz CT molecular complexity index is 976. The number of nitrogens with two attached hydrogens (primary N) is 1. The quantitative estimate of drug-likeness (QED) is 0.480. The smallest absolute Gasteiger partial charge is 0.256 e. The highest BCUT2D eigenvalue weighted by atomic mass is 16.5. The number of amides is 2. The molecule has 0 radical (unpaired) electrons. The monoisotopic (exact) mass is 469 g/mol. The molecule has 184 valence electrons. The molecule has 1 aliphatic heterocycles. The van der Waals surface area contributed by atoms with Crippen LogP contribution in [0.2, 0.25) is 0 Å². The number of piperazine rings is 1. The van der Waals surface area contributed by atoms with Crippen molar-refractivity contribution in [2.45, 2.75) is 39.3 Å². The number of nitrogens with zero attached hydrogens (tertiary/aromatic N) is 3. The maximum atomic E-state index is 12.8. The maximum absolute atomic E-state index is 12.8. The fourth-order valence-corrected chi connectivity index (χ4v) is 4.01. The highest BCUT2D eigenvalue weighted by Crippen LogP contribution is 2.23. The number of aliphatic hydroxyl groups is 1. The molecule has 0 aliphatic carbocycles. The van der Waals surface area contributed by atoms with Gasteiger partial charge in [-0.15, -0.1) is 0 Å². The second-order valence-electron chi connectivity index (χ2n) is 8.32. The van der Waals surface area contributed by atoms with Crippen LogP contribution in [0.3, 0.4) is 0 Å². The van der Waals surface area contributed by atoms with Crippen molar-refractivity contribution in [3.8, 4) is 5.88 Å². The van der Waals surface area contributed by atoms with Crippen LogP contribution in [0.1, 0.15) is 41.8 Å². The standard InChI is InChI=1S/C25H35N5O4/c1-3-34-25-22(10-11-23(28-25)30-14-12-29(13-15-30)18(2)31)24(33)27-17-21(32)9-8-19-6-4-5-7-20(19)16-26/h4-7,10-11,21,32H,3,8-9,12-17,26H2,1-2H3,(H,27,33). The van der Waals surface area contributed by atoms with Gasteiger partial charge in [-0.3, -0.25) is 9.59 Å². The molecule has 1 aliphatic rings. The highest BCUT2D eigenvalue weighted by molar-refractivity contribution is 5.96. The molecule has 1 aromatic carbocycles. The topological polar surface area (TPSA) is 121 Å². The third-order valence-corrected chi connectivity index (χ3v) is 6.00. The number of aromatic nitrogens is 1. The number of pyridine rings is 1. The summed E-state index contributed by atoms with van der Waals surface area (Å²) < 4.78 is 5.65. The zero-order valence-corrected chi connectivity index (χ0v) is 20.0. The van der Waals surface area contributed by atoms with Gasteiger partial charge in [-0.2, -0.15) is 4.98 Å². The van der Waals surface area contributed by atoms with Gasteiger partial charge >= 0.3 is 0 Å². The molecule has 34 heavy (non-hydrogen) atoms. The van der Waals surface area contributed by atoms with Crippen LogP contribution in [0.4, 0.5) is 5.82 Å². The lowest BCUT2D eigenvalue weighted by Gasteiger charge is -2.35. The molecule has 0 saturated carbocycles. The van der Waals surface area contributed by atoms with Gasteiger partial charge in [-0.1, -0.05) is 24.3 Å². The third-order valence-electron chi connectivity index (χ3n) is 6.00. The van der Waals surface area contributed by atoms with E-state index in [1.54, 1.807) is 19.1 Å². The number of carbonyl (C=O) groups is 2. The van der Waals surface area contributed by atoms with Crippen molar-refractivity contribution in [2.24, 2.45) is 5.73 Å². The van der Waals surface area contributed by atoms with E-state index >= 15 is 0 Å². The average molecular weight is 470 g/mol. The summed E-state index contributed by atoms with van der Waals surface area (Å²) in [6.45, 7) is 6.98. The van der Waals surface area contributed by atoms with Gasteiger partial charge in [0.15, 0.2) is 0 Å². The number of nitrogens with one attached hydrogen (secondary N) is 1. The molecule has 1 atom stereocenters. The fraction of sp³-hybridized carbons (Fsp3) is 0.480. The lowest BCUT2D eigenvalue weighted by Crippen LogP contribution is -2.48.